The molecule has 0 heterocycles. The van der Waals surface area contributed by atoms with Gasteiger partial charge in [0.2, 0.25) is 10.0 Å². The summed E-state index contributed by atoms with van der Waals surface area (Å²) in [6.07, 6.45) is 0.877. The van der Waals surface area contributed by atoms with Crippen molar-refractivity contribution in [2.45, 2.75) is 25.2 Å². The number of sulfonamides is 1. The summed E-state index contributed by atoms with van der Waals surface area (Å²) >= 11 is 5.94. The van der Waals surface area contributed by atoms with Gasteiger partial charge in [0.25, 0.3) is 0 Å². The Kier molecular flexibility index (Phi) is 6.04. The number of hydrogen-bond donors (Lipinski definition) is 1. The number of benzene rings is 2. The molecule has 2 aromatic carbocycles. The molecule has 0 aromatic heterocycles. The van der Waals surface area contributed by atoms with E-state index in [-0.39, 0.29) is 18.0 Å². The summed E-state index contributed by atoms with van der Waals surface area (Å²) in [6, 6.07) is 12.2. The summed E-state index contributed by atoms with van der Waals surface area (Å²) in [5.41, 5.74) is 2.02. The van der Waals surface area contributed by atoms with Crippen LogP contribution < -0.4 is 9.46 Å². The molecule has 23 heavy (non-hydrogen) atoms. The van der Waals surface area contributed by atoms with Crippen LogP contribution in [0.25, 0.3) is 0 Å². The number of hydrogen-bond acceptors (Lipinski definition) is 3. The Labute approximate surface area is 142 Å². The predicted molar refractivity (Wildman–Crippen MR) is 92.7 cm³/mol. The second-order valence-electron chi connectivity index (χ2n) is 5.15. The Morgan fingerprint density at radius 1 is 1.13 bits per heavy atom. The maximum Gasteiger partial charge on any atom is 0.240 e. The van der Waals surface area contributed by atoms with Crippen LogP contribution in [0.1, 0.15) is 18.1 Å². The fourth-order valence-corrected chi connectivity index (χ4v) is 3.17. The third-order valence-corrected chi connectivity index (χ3v) is 5.34. The maximum absolute atomic E-state index is 12.2. The third-order valence-electron chi connectivity index (χ3n) is 3.43. The molecule has 0 unspecified atom stereocenters. The van der Waals surface area contributed by atoms with Crippen LogP contribution in [0.2, 0.25) is 5.02 Å². The van der Waals surface area contributed by atoms with E-state index in [9.17, 15) is 8.42 Å². The van der Waals surface area contributed by atoms with Crippen molar-refractivity contribution in [3.63, 3.8) is 0 Å². The molecular weight excluding hydrogens is 334 g/mol. The molecule has 0 fully saturated rings. The summed E-state index contributed by atoms with van der Waals surface area (Å²) in [4.78, 5) is 0.261. The quantitative estimate of drug-likeness (QED) is 0.774. The Bertz CT molecular complexity index is 758. The maximum atomic E-state index is 12.2. The van der Waals surface area contributed by atoms with Gasteiger partial charge in [-0.25, -0.2) is 13.1 Å². The molecule has 0 saturated carbocycles. The average molecular weight is 354 g/mol. The molecule has 0 atom stereocenters. The van der Waals surface area contributed by atoms with Gasteiger partial charge in [-0.05, 0) is 54.8 Å². The third kappa shape index (κ3) is 4.96. The van der Waals surface area contributed by atoms with Crippen molar-refractivity contribution >= 4 is 21.6 Å². The van der Waals surface area contributed by atoms with Gasteiger partial charge in [0.15, 0.2) is 0 Å². The van der Waals surface area contributed by atoms with Gasteiger partial charge in [-0.3, -0.25) is 0 Å². The normalized spacial score (nSPS) is 11.4. The first kappa shape index (κ1) is 17.8. The van der Waals surface area contributed by atoms with E-state index < -0.39 is 10.0 Å². The van der Waals surface area contributed by atoms with Gasteiger partial charge in [-0.15, -0.1) is 0 Å². The Balaban J connectivity index is 1.87. The van der Waals surface area contributed by atoms with Crippen LogP contribution in [0.15, 0.2) is 47.4 Å². The van der Waals surface area contributed by atoms with E-state index in [2.05, 4.69) is 4.72 Å². The van der Waals surface area contributed by atoms with Gasteiger partial charge in [0.1, 0.15) is 12.4 Å². The summed E-state index contributed by atoms with van der Waals surface area (Å²) in [5.74, 6) is 0.665. The first-order valence-electron chi connectivity index (χ1n) is 7.40. The van der Waals surface area contributed by atoms with Crippen molar-refractivity contribution in [3.8, 4) is 5.75 Å². The van der Waals surface area contributed by atoms with Gasteiger partial charge in [0.05, 0.1) is 4.90 Å². The minimum atomic E-state index is -3.51. The molecule has 0 aliphatic rings. The first-order chi connectivity index (χ1) is 10.9. The summed E-state index contributed by atoms with van der Waals surface area (Å²) in [6.45, 7) is 4.35. The topological polar surface area (TPSA) is 55.4 Å². The highest BCUT2D eigenvalue weighted by Gasteiger charge is 2.12. The van der Waals surface area contributed by atoms with E-state index in [1.54, 1.807) is 24.3 Å². The zero-order valence-corrected chi connectivity index (χ0v) is 14.7. The highest BCUT2D eigenvalue weighted by Crippen LogP contribution is 2.20. The molecule has 0 aliphatic carbocycles. The Morgan fingerprint density at radius 2 is 1.83 bits per heavy atom. The van der Waals surface area contributed by atoms with E-state index in [0.717, 1.165) is 17.5 Å². The largest absolute Gasteiger partial charge is 0.492 e. The fourth-order valence-electron chi connectivity index (χ4n) is 2.04. The van der Waals surface area contributed by atoms with Crippen LogP contribution in [0.4, 0.5) is 0 Å². The molecule has 2 aromatic rings. The molecule has 2 rings (SSSR count). The molecule has 0 spiro atoms. The molecule has 4 nitrogen and oxygen atoms in total. The van der Waals surface area contributed by atoms with Crippen LogP contribution in [0.3, 0.4) is 0 Å². The first-order valence-corrected chi connectivity index (χ1v) is 9.26. The Morgan fingerprint density at radius 3 is 2.43 bits per heavy atom. The highest BCUT2D eigenvalue weighted by molar-refractivity contribution is 7.89. The molecule has 124 valence electrons. The lowest BCUT2D eigenvalue weighted by Crippen LogP contribution is -2.28. The summed E-state index contributed by atoms with van der Waals surface area (Å²) in [7, 11) is -3.51. The van der Waals surface area contributed by atoms with E-state index in [1.807, 2.05) is 32.0 Å². The van der Waals surface area contributed by atoms with Crippen LogP contribution in [0, 0.1) is 6.92 Å². The second-order valence-corrected chi connectivity index (χ2v) is 7.33. The average Bonchev–Trinajstić information content (AvgIpc) is 2.55. The zero-order chi connectivity index (χ0) is 16.9. The number of ether oxygens (including phenoxy) is 1. The van der Waals surface area contributed by atoms with Crippen molar-refractivity contribution < 1.29 is 13.2 Å². The van der Waals surface area contributed by atoms with E-state index in [0.29, 0.717) is 10.8 Å². The SMILES string of the molecule is CCc1ccc(S(=O)(=O)NCCOc2ccc(Cl)c(C)c2)cc1. The standard InChI is InChI=1S/C17H20ClNO3S/c1-3-14-4-7-16(8-5-14)23(20,21)19-10-11-22-15-6-9-17(18)13(2)12-15/h4-9,12,19H,3,10-11H2,1-2H3. The highest BCUT2D eigenvalue weighted by atomic mass is 35.5. The van der Waals surface area contributed by atoms with Crippen molar-refractivity contribution in [2.24, 2.45) is 0 Å². The van der Waals surface area contributed by atoms with Crippen LogP contribution in [0.5, 0.6) is 5.75 Å². The lowest BCUT2D eigenvalue weighted by Gasteiger charge is -2.10. The van der Waals surface area contributed by atoms with Crippen LogP contribution in [-0.4, -0.2) is 21.6 Å². The van der Waals surface area contributed by atoms with Crippen molar-refractivity contribution in [1.82, 2.24) is 4.72 Å². The molecule has 0 amide bonds. The molecular formula is C17H20ClNO3S. The van der Waals surface area contributed by atoms with Crippen molar-refractivity contribution in [1.29, 1.82) is 0 Å². The monoisotopic (exact) mass is 353 g/mol. The number of nitrogens with one attached hydrogen (secondary N) is 1. The predicted octanol–water partition coefficient (Wildman–Crippen LogP) is 3.57. The van der Waals surface area contributed by atoms with Gasteiger partial charge in [-0.1, -0.05) is 30.7 Å². The minimum absolute atomic E-state index is 0.194. The zero-order valence-electron chi connectivity index (χ0n) is 13.2. The van der Waals surface area contributed by atoms with Crippen LogP contribution >= 0.6 is 11.6 Å². The molecule has 0 aliphatic heterocycles. The summed E-state index contributed by atoms with van der Waals surface area (Å²) in [5, 5.41) is 0.675. The van der Waals surface area contributed by atoms with E-state index >= 15 is 0 Å². The van der Waals surface area contributed by atoms with Gasteiger partial charge >= 0.3 is 0 Å². The lowest BCUT2D eigenvalue weighted by atomic mass is 10.2. The second kappa shape index (κ2) is 7.81. The van der Waals surface area contributed by atoms with Gasteiger partial charge in [-0.2, -0.15) is 0 Å². The lowest BCUT2D eigenvalue weighted by molar-refractivity contribution is 0.322. The minimum Gasteiger partial charge on any atom is -0.492 e. The number of rotatable bonds is 7. The molecule has 0 saturated heterocycles. The van der Waals surface area contributed by atoms with E-state index in [4.69, 9.17) is 16.3 Å². The van der Waals surface area contributed by atoms with Gasteiger partial charge in [0, 0.05) is 11.6 Å². The molecule has 1 N–H and O–H groups in total. The Hall–Kier alpha value is -1.56. The van der Waals surface area contributed by atoms with Crippen molar-refractivity contribution in [3.05, 3.63) is 58.6 Å². The molecule has 6 heteroatoms. The van der Waals surface area contributed by atoms with Crippen LogP contribution in [-0.2, 0) is 16.4 Å². The summed E-state index contributed by atoms with van der Waals surface area (Å²) < 4.78 is 32.4. The molecule has 0 radical (unpaired) electrons. The number of aryl methyl sites for hydroxylation is 2. The molecule has 0 bridgehead atoms. The van der Waals surface area contributed by atoms with E-state index in [1.165, 1.54) is 0 Å². The smallest absolute Gasteiger partial charge is 0.240 e. The van der Waals surface area contributed by atoms with Crippen molar-refractivity contribution in [2.75, 3.05) is 13.2 Å². The number of halogens is 1. The van der Waals surface area contributed by atoms with Gasteiger partial charge < -0.3 is 4.74 Å². The fraction of sp³-hybridized carbons (Fsp3) is 0.294.